The van der Waals surface area contributed by atoms with E-state index in [0.717, 1.165) is 0 Å². The van der Waals surface area contributed by atoms with Gasteiger partial charge in [-0.3, -0.25) is 19.8 Å². The van der Waals surface area contributed by atoms with E-state index < -0.39 is 4.92 Å². The van der Waals surface area contributed by atoms with Crippen LogP contribution in [-0.2, 0) is 4.79 Å². The van der Waals surface area contributed by atoms with Gasteiger partial charge in [0.15, 0.2) is 0 Å². The summed E-state index contributed by atoms with van der Waals surface area (Å²) in [5.41, 5.74) is 1.15. The summed E-state index contributed by atoms with van der Waals surface area (Å²) in [5.74, 6) is 0.250. The molecule has 20 heavy (non-hydrogen) atoms. The van der Waals surface area contributed by atoms with Gasteiger partial charge in [0, 0.05) is 18.3 Å². The fraction of sp³-hybridized carbons (Fsp3) is 0. The van der Waals surface area contributed by atoms with E-state index in [1.807, 2.05) is 0 Å². The van der Waals surface area contributed by atoms with Crippen LogP contribution in [0.25, 0.3) is 6.08 Å². The number of carbonyl (C=O) groups is 1. The van der Waals surface area contributed by atoms with Gasteiger partial charge in [0.1, 0.15) is 11.5 Å². The number of hydrogen-bond donors (Lipinski definition) is 0. The molecule has 0 bridgehead atoms. The summed E-state index contributed by atoms with van der Waals surface area (Å²) < 4.78 is 0. The molecule has 0 saturated carbocycles. The lowest BCUT2D eigenvalue weighted by Crippen LogP contribution is -2.20. The van der Waals surface area contributed by atoms with E-state index in [4.69, 9.17) is 0 Å². The van der Waals surface area contributed by atoms with Crippen molar-refractivity contribution in [1.29, 1.82) is 0 Å². The Morgan fingerprint density at radius 2 is 1.95 bits per heavy atom. The molecule has 1 aromatic rings. The molecule has 1 aromatic carbocycles. The molecule has 0 spiro atoms. The van der Waals surface area contributed by atoms with Crippen molar-refractivity contribution in [3.63, 3.8) is 0 Å². The molecule has 0 aliphatic carbocycles. The first-order chi connectivity index (χ1) is 9.65. The number of nitrogens with zero attached hydrogens (tertiary/aromatic N) is 3. The average Bonchev–Trinajstić information content (AvgIpc) is 2.76. The Morgan fingerprint density at radius 1 is 1.20 bits per heavy atom. The molecule has 98 valence electrons. The Bertz CT molecular complexity index is 712. The largest absolute Gasteiger partial charge is 0.297 e. The molecule has 0 radical (unpaired) electrons. The number of non-ortho nitro benzene ring substituents is 1. The highest BCUT2D eigenvalue weighted by atomic mass is 16.6. The van der Waals surface area contributed by atoms with Crippen molar-refractivity contribution in [2.75, 3.05) is 0 Å². The molecular weight excluding hydrogens is 258 g/mol. The van der Waals surface area contributed by atoms with Crippen molar-refractivity contribution in [1.82, 2.24) is 4.90 Å². The zero-order valence-corrected chi connectivity index (χ0v) is 10.3. The summed E-state index contributed by atoms with van der Waals surface area (Å²) in [6.07, 6.45) is 8.76. The van der Waals surface area contributed by atoms with Crippen LogP contribution in [0.2, 0.25) is 0 Å². The summed E-state index contributed by atoms with van der Waals surface area (Å²) in [5, 5.41) is 10.6. The third-order valence-electron chi connectivity index (χ3n) is 2.94. The van der Waals surface area contributed by atoms with Crippen LogP contribution in [0.1, 0.15) is 5.56 Å². The first kappa shape index (κ1) is 12.0. The van der Waals surface area contributed by atoms with Gasteiger partial charge in [-0.2, -0.15) is 4.99 Å². The van der Waals surface area contributed by atoms with Gasteiger partial charge in [-0.25, -0.2) is 0 Å². The number of allylic oxidation sites excluding steroid dienone is 2. The predicted octanol–water partition coefficient (Wildman–Crippen LogP) is 2.26. The van der Waals surface area contributed by atoms with Crippen LogP contribution in [0.15, 0.2) is 59.4 Å². The monoisotopic (exact) mass is 267 g/mol. The minimum Gasteiger partial charge on any atom is -0.297 e. The molecule has 0 aromatic heterocycles. The fourth-order valence-electron chi connectivity index (χ4n) is 1.97. The van der Waals surface area contributed by atoms with Crippen molar-refractivity contribution in [2.45, 2.75) is 0 Å². The Balaban J connectivity index is 1.93. The summed E-state index contributed by atoms with van der Waals surface area (Å²) in [6.45, 7) is 0. The number of nitro benzene ring substituents is 1. The lowest BCUT2D eigenvalue weighted by atomic mass is 10.1. The Morgan fingerprint density at radius 3 is 2.65 bits per heavy atom. The molecule has 2 heterocycles. The van der Waals surface area contributed by atoms with Crippen LogP contribution in [-0.4, -0.2) is 21.6 Å². The van der Waals surface area contributed by atoms with E-state index in [9.17, 15) is 14.9 Å². The number of hydrogen-bond acceptors (Lipinski definition) is 4. The highest BCUT2D eigenvalue weighted by Gasteiger charge is 2.27. The molecule has 1 amide bonds. The zero-order chi connectivity index (χ0) is 14.1. The standard InChI is InChI=1S/C14H9N3O3/c18-14-12(16-8-2-1-3-13(16)15-14)9-10-4-6-11(7-5-10)17(19)20/h1-9H/b12-9+. The highest BCUT2D eigenvalue weighted by Crippen LogP contribution is 2.23. The maximum Gasteiger partial charge on any atom is 0.295 e. The fourth-order valence-corrected chi connectivity index (χ4v) is 1.97. The Hall–Kier alpha value is -3.02. The minimum absolute atomic E-state index is 0.0163. The second-order valence-electron chi connectivity index (χ2n) is 4.22. The number of amidine groups is 1. The number of aliphatic imine (C=N–C) groups is 1. The molecule has 2 aliphatic rings. The van der Waals surface area contributed by atoms with Gasteiger partial charge in [-0.15, -0.1) is 0 Å². The first-order valence-electron chi connectivity index (χ1n) is 5.88. The second kappa shape index (κ2) is 4.58. The minimum atomic E-state index is -0.461. The summed E-state index contributed by atoms with van der Waals surface area (Å²) >= 11 is 0. The number of carbonyl (C=O) groups excluding carboxylic acids is 1. The number of rotatable bonds is 2. The zero-order valence-electron chi connectivity index (χ0n) is 10.3. The molecule has 0 fully saturated rings. The van der Waals surface area contributed by atoms with Gasteiger partial charge >= 0.3 is 0 Å². The van der Waals surface area contributed by atoms with Crippen molar-refractivity contribution < 1.29 is 9.72 Å². The van der Waals surface area contributed by atoms with E-state index in [-0.39, 0.29) is 11.6 Å². The Kier molecular flexibility index (Phi) is 2.76. The summed E-state index contributed by atoms with van der Waals surface area (Å²) in [4.78, 5) is 27.6. The van der Waals surface area contributed by atoms with Crippen LogP contribution < -0.4 is 0 Å². The van der Waals surface area contributed by atoms with Crippen molar-refractivity contribution in [3.05, 3.63) is 70.1 Å². The van der Waals surface area contributed by atoms with E-state index in [1.54, 1.807) is 47.5 Å². The van der Waals surface area contributed by atoms with Gasteiger partial charge in [-0.1, -0.05) is 6.08 Å². The third kappa shape index (κ3) is 2.03. The number of benzene rings is 1. The molecule has 6 nitrogen and oxygen atoms in total. The molecular formula is C14H9N3O3. The predicted molar refractivity (Wildman–Crippen MR) is 73.6 cm³/mol. The van der Waals surface area contributed by atoms with Crippen LogP contribution in [0.3, 0.4) is 0 Å². The van der Waals surface area contributed by atoms with E-state index in [1.165, 1.54) is 12.1 Å². The highest BCUT2D eigenvalue weighted by molar-refractivity contribution is 6.17. The smallest absolute Gasteiger partial charge is 0.295 e. The molecule has 0 N–H and O–H groups in total. The quantitative estimate of drug-likeness (QED) is 0.468. The first-order valence-corrected chi connectivity index (χ1v) is 5.88. The van der Waals surface area contributed by atoms with Crippen molar-refractivity contribution >= 4 is 23.5 Å². The van der Waals surface area contributed by atoms with Crippen LogP contribution in [0, 0.1) is 10.1 Å². The number of amides is 1. The van der Waals surface area contributed by atoms with Crippen LogP contribution in [0.5, 0.6) is 0 Å². The molecule has 0 unspecified atom stereocenters. The molecule has 6 heteroatoms. The maximum absolute atomic E-state index is 11.8. The van der Waals surface area contributed by atoms with Crippen LogP contribution in [0.4, 0.5) is 5.69 Å². The maximum atomic E-state index is 11.8. The molecule has 3 rings (SSSR count). The Labute approximate surface area is 114 Å². The number of nitro groups is 1. The van der Waals surface area contributed by atoms with Crippen molar-refractivity contribution in [2.24, 2.45) is 4.99 Å². The number of fused-ring (bicyclic) bond motifs is 1. The van der Waals surface area contributed by atoms with Crippen LogP contribution >= 0.6 is 0 Å². The van der Waals surface area contributed by atoms with Gasteiger partial charge < -0.3 is 0 Å². The van der Waals surface area contributed by atoms with Gasteiger partial charge in [-0.05, 0) is 35.9 Å². The van der Waals surface area contributed by atoms with Gasteiger partial charge in [0.25, 0.3) is 11.6 Å². The van der Waals surface area contributed by atoms with E-state index in [0.29, 0.717) is 17.1 Å². The summed E-state index contributed by atoms with van der Waals surface area (Å²) in [6, 6.07) is 6.00. The van der Waals surface area contributed by atoms with E-state index >= 15 is 0 Å². The lowest BCUT2D eigenvalue weighted by molar-refractivity contribution is -0.384. The van der Waals surface area contributed by atoms with Gasteiger partial charge in [0.2, 0.25) is 0 Å². The third-order valence-corrected chi connectivity index (χ3v) is 2.94. The van der Waals surface area contributed by atoms with Gasteiger partial charge in [0.05, 0.1) is 4.92 Å². The lowest BCUT2D eigenvalue weighted by Gasteiger charge is -2.16. The topological polar surface area (TPSA) is 75.8 Å². The summed E-state index contributed by atoms with van der Waals surface area (Å²) in [7, 11) is 0. The van der Waals surface area contributed by atoms with E-state index in [2.05, 4.69) is 4.99 Å². The molecule has 2 aliphatic heterocycles. The van der Waals surface area contributed by atoms with Crippen molar-refractivity contribution in [3.8, 4) is 0 Å². The average molecular weight is 267 g/mol. The molecule has 0 atom stereocenters. The second-order valence-corrected chi connectivity index (χ2v) is 4.22. The SMILES string of the molecule is O=C1N=C2C=CC=CN2/C1=C/c1ccc([N+](=O)[O-])cc1. The normalized spacial score (nSPS) is 18.4. The molecule has 0 saturated heterocycles.